The Labute approximate surface area is 162 Å². The van der Waals surface area contributed by atoms with Gasteiger partial charge in [-0.2, -0.15) is 0 Å². The topological polar surface area (TPSA) is 92.7 Å². The van der Waals surface area contributed by atoms with Crippen LogP contribution >= 0.6 is 0 Å². The third kappa shape index (κ3) is 3.11. The Hall–Kier alpha value is -3.29. The fourth-order valence-electron chi connectivity index (χ4n) is 4.19. The average molecular weight is 380 g/mol. The van der Waals surface area contributed by atoms with Crippen LogP contribution in [-0.2, 0) is 14.3 Å². The van der Waals surface area contributed by atoms with E-state index < -0.39 is 5.92 Å². The molecule has 8 nitrogen and oxygen atoms in total. The number of ether oxygens (including phenoxy) is 1. The molecule has 3 heterocycles. The Balaban J connectivity index is 1.63. The van der Waals surface area contributed by atoms with Crippen molar-refractivity contribution >= 4 is 17.8 Å². The van der Waals surface area contributed by atoms with Gasteiger partial charge in [0.1, 0.15) is 12.2 Å². The summed E-state index contributed by atoms with van der Waals surface area (Å²) in [6.07, 6.45) is 4.77. The minimum atomic E-state index is -0.465. The molecule has 28 heavy (non-hydrogen) atoms. The van der Waals surface area contributed by atoms with Crippen molar-refractivity contribution in [1.29, 1.82) is 0 Å². The molecule has 0 radical (unpaired) electrons. The zero-order chi connectivity index (χ0) is 19.7. The van der Waals surface area contributed by atoms with Crippen LogP contribution in [0.15, 0.2) is 48.9 Å². The van der Waals surface area contributed by atoms with Crippen LogP contribution in [0.25, 0.3) is 0 Å². The Bertz CT molecular complexity index is 890. The smallest absolute Gasteiger partial charge is 0.311 e. The van der Waals surface area contributed by atoms with Crippen LogP contribution in [0.2, 0.25) is 0 Å². The van der Waals surface area contributed by atoms with Crippen LogP contribution in [0.1, 0.15) is 28.5 Å². The second-order valence-corrected chi connectivity index (χ2v) is 6.95. The molecule has 0 bridgehead atoms. The molecule has 8 heteroatoms. The van der Waals surface area contributed by atoms with Crippen molar-refractivity contribution < 1.29 is 19.1 Å². The lowest BCUT2D eigenvalue weighted by molar-refractivity contribution is -0.147. The summed E-state index contributed by atoms with van der Waals surface area (Å²) in [5, 5.41) is 0. The van der Waals surface area contributed by atoms with Gasteiger partial charge in [0.25, 0.3) is 5.91 Å². The lowest BCUT2D eigenvalue weighted by Gasteiger charge is -2.39. The largest absolute Gasteiger partial charge is 0.469 e. The van der Waals surface area contributed by atoms with Crippen molar-refractivity contribution in [3.05, 3.63) is 60.2 Å². The van der Waals surface area contributed by atoms with Crippen molar-refractivity contribution in [2.75, 3.05) is 20.2 Å². The Morgan fingerprint density at radius 1 is 1.18 bits per heavy atom. The maximum absolute atomic E-state index is 13.0. The van der Waals surface area contributed by atoms with Gasteiger partial charge in [-0.3, -0.25) is 19.4 Å². The third-order valence-corrected chi connectivity index (χ3v) is 5.36. The fourth-order valence-corrected chi connectivity index (χ4v) is 4.19. The van der Waals surface area contributed by atoms with Crippen LogP contribution in [0.5, 0.6) is 0 Å². The monoisotopic (exact) mass is 380 g/mol. The number of methoxy groups -OCH3 is 1. The number of hydrogen-bond donors (Lipinski definition) is 0. The highest BCUT2D eigenvalue weighted by molar-refractivity contribution is 5.95. The molecule has 0 aliphatic carbocycles. The van der Waals surface area contributed by atoms with Gasteiger partial charge >= 0.3 is 5.97 Å². The molecule has 1 aromatic carbocycles. The lowest BCUT2D eigenvalue weighted by Crippen LogP contribution is -2.56. The number of carbonyl (C=O) groups excluding carboxylic acids is 3. The van der Waals surface area contributed by atoms with E-state index >= 15 is 0 Å². The SMILES string of the molecule is COC(=O)[C@H]1C[C@H]2CN(C(=O)c3cnccn3)CC(=O)N2[C@H]1c1ccccc1. The van der Waals surface area contributed by atoms with Gasteiger partial charge in [-0.05, 0) is 12.0 Å². The van der Waals surface area contributed by atoms with Crippen LogP contribution in [0, 0.1) is 5.92 Å². The minimum absolute atomic E-state index is 0.0524. The predicted molar refractivity (Wildman–Crippen MR) is 97.9 cm³/mol. The predicted octanol–water partition coefficient (Wildman–Crippen LogP) is 1.06. The summed E-state index contributed by atoms with van der Waals surface area (Å²) in [6, 6.07) is 8.84. The van der Waals surface area contributed by atoms with Gasteiger partial charge in [-0.1, -0.05) is 30.3 Å². The number of aromatic nitrogens is 2. The number of amides is 2. The van der Waals surface area contributed by atoms with Crippen LogP contribution < -0.4 is 0 Å². The second-order valence-electron chi connectivity index (χ2n) is 6.95. The quantitative estimate of drug-likeness (QED) is 0.740. The van der Waals surface area contributed by atoms with Crippen molar-refractivity contribution in [3.63, 3.8) is 0 Å². The van der Waals surface area contributed by atoms with Gasteiger partial charge in [0.05, 0.1) is 31.3 Å². The van der Waals surface area contributed by atoms with E-state index in [1.807, 2.05) is 30.3 Å². The molecular weight excluding hydrogens is 360 g/mol. The second kappa shape index (κ2) is 7.38. The first kappa shape index (κ1) is 18.1. The number of piperazine rings is 1. The average Bonchev–Trinajstić information content (AvgIpc) is 3.14. The molecule has 3 atom stereocenters. The van der Waals surface area contributed by atoms with E-state index in [0.717, 1.165) is 5.56 Å². The summed E-state index contributed by atoms with van der Waals surface area (Å²) < 4.78 is 5.00. The fraction of sp³-hybridized carbons (Fsp3) is 0.350. The molecule has 144 valence electrons. The summed E-state index contributed by atoms with van der Waals surface area (Å²) in [6.45, 7) is 0.293. The van der Waals surface area contributed by atoms with E-state index in [9.17, 15) is 14.4 Å². The first-order valence-electron chi connectivity index (χ1n) is 9.09. The molecule has 2 amide bonds. The zero-order valence-electron chi connectivity index (χ0n) is 15.4. The molecule has 0 saturated carbocycles. The van der Waals surface area contributed by atoms with Gasteiger partial charge in [0.15, 0.2) is 0 Å². The number of fused-ring (bicyclic) bond motifs is 1. The molecular formula is C20H20N4O4. The third-order valence-electron chi connectivity index (χ3n) is 5.36. The Kier molecular flexibility index (Phi) is 4.77. The molecule has 2 fully saturated rings. The van der Waals surface area contributed by atoms with Crippen molar-refractivity contribution in [2.24, 2.45) is 5.92 Å². The highest BCUT2D eigenvalue weighted by Crippen LogP contribution is 2.43. The summed E-state index contributed by atoms with van der Waals surface area (Å²) in [4.78, 5) is 49.3. The normalized spacial score (nSPS) is 24.0. The molecule has 1 aromatic heterocycles. The van der Waals surface area contributed by atoms with Crippen molar-refractivity contribution in [1.82, 2.24) is 19.8 Å². The van der Waals surface area contributed by atoms with Gasteiger partial charge in [-0.25, -0.2) is 4.98 Å². The molecule has 2 aliphatic heterocycles. The highest BCUT2D eigenvalue weighted by atomic mass is 16.5. The van der Waals surface area contributed by atoms with Crippen molar-refractivity contribution in [3.8, 4) is 0 Å². The molecule has 4 rings (SSSR count). The maximum atomic E-state index is 13.0. The maximum Gasteiger partial charge on any atom is 0.311 e. The van der Waals surface area contributed by atoms with Crippen molar-refractivity contribution in [2.45, 2.75) is 18.5 Å². The van der Waals surface area contributed by atoms with Crippen LogP contribution in [0.3, 0.4) is 0 Å². The Morgan fingerprint density at radius 3 is 2.64 bits per heavy atom. The number of nitrogens with zero attached hydrogens (tertiary/aromatic N) is 4. The van der Waals surface area contributed by atoms with E-state index in [1.54, 1.807) is 4.90 Å². The van der Waals surface area contributed by atoms with Crippen LogP contribution in [0.4, 0.5) is 0 Å². The van der Waals surface area contributed by atoms with E-state index in [0.29, 0.717) is 13.0 Å². The van der Waals surface area contributed by atoms with Crippen LogP contribution in [-0.4, -0.2) is 63.8 Å². The molecule has 0 N–H and O–H groups in total. The lowest BCUT2D eigenvalue weighted by atomic mass is 9.93. The standard InChI is InChI=1S/C20H20N4O4/c1-28-20(27)15-9-14-11-23(19(26)16-10-21-7-8-22-16)12-17(25)24(14)18(15)13-5-3-2-4-6-13/h2-8,10,14-15,18H,9,11-12H2,1H3/t14-,15-,18-/m0/s1. The molecule has 0 unspecified atom stereocenters. The Morgan fingerprint density at radius 2 is 1.96 bits per heavy atom. The summed E-state index contributed by atoms with van der Waals surface area (Å²) in [7, 11) is 1.35. The van der Waals surface area contributed by atoms with E-state index in [-0.39, 0.29) is 42.1 Å². The zero-order valence-corrected chi connectivity index (χ0v) is 15.4. The number of esters is 1. The number of carbonyl (C=O) groups is 3. The number of hydrogen-bond acceptors (Lipinski definition) is 6. The first-order valence-corrected chi connectivity index (χ1v) is 9.09. The summed E-state index contributed by atoms with van der Waals surface area (Å²) in [5.41, 5.74) is 1.09. The van der Waals surface area contributed by atoms with Gasteiger partial charge in [0.2, 0.25) is 5.91 Å². The van der Waals surface area contributed by atoms with Gasteiger partial charge in [0, 0.05) is 18.9 Å². The number of benzene rings is 1. The van der Waals surface area contributed by atoms with E-state index in [2.05, 4.69) is 9.97 Å². The molecule has 2 aliphatic rings. The highest BCUT2D eigenvalue weighted by Gasteiger charge is 2.51. The molecule has 2 saturated heterocycles. The number of rotatable bonds is 3. The first-order chi connectivity index (χ1) is 13.6. The summed E-state index contributed by atoms with van der Waals surface area (Å²) >= 11 is 0. The molecule has 2 aromatic rings. The van der Waals surface area contributed by atoms with Gasteiger partial charge < -0.3 is 14.5 Å². The van der Waals surface area contributed by atoms with E-state index in [4.69, 9.17) is 4.74 Å². The summed E-state index contributed by atoms with van der Waals surface area (Å²) in [5.74, 6) is -1.33. The van der Waals surface area contributed by atoms with E-state index in [1.165, 1.54) is 30.6 Å². The minimum Gasteiger partial charge on any atom is -0.469 e. The molecule has 0 spiro atoms. The van der Waals surface area contributed by atoms with Gasteiger partial charge in [-0.15, -0.1) is 0 Å².